The van der Waals surface area contributed by atoms with E-state index in [1.807, 2.05) is 53.4 Å². The van der Waals surface area contributed by atoms with Gasteiger partial charge in [-0.3, -0.25) is 4.79 Å². The molecule has 0 saturated carbocycles. The topological polar surface area (TPSA) is 42.0 Å². The van der Waals surface area contributed by atoms with E-state index in [2.05, 4.69) is 17.9 Å². The number of benzene rings is 2. The quantitative estimate of drug-likeness (QED) is 0.819. The lowest BCUT2D eigenvalue weighted by Crippen LogP contribution is -2.54. The highest BCUT2D eigenvalue weighted by atomic mass is 16.5. The Hall–Kier alpha value is -3.21. The average Bonchev–Trinajstić information content (AvgIpc) is 2.95. The molecule has 0 radical (unpaired) electrons. The van der Waals surface area contributed by atoms with E-state index < -0.39 is 0 Å². The van der Waals surface area contributed by atoms with E-state index in [1.54, 1.807) is 19.4 Å². The lowest BCUT2D eigenvalue weighted by molar-refractivity contribution is -0.129. The summed E-state index contributed by atoms with van der Waals surface area (Å²) in [6.45, 7) is 4.27. The second-order valence-corrected chi connectivity index (χ2v) is 7.02. The first-order chi connectivity index (χ1) is 13.7. The Morgan fingerprint density at radius 1 is 1.11 bits per heavy atom. The van der Waals surface area contributed by atoms with E-state index in [0.29, 0.717) is 12.1 Å². The standard InChI is InChI=1S/C23H24N2O3/c1-17-16-24(20-8-4-6-10-22(20)27-2)12-13-25(17)23(26)19-11-14-28-21-9-5-3-7-18(21)15-19/h3-11,14-15,17H,12-13,16H2,1-2H3. The molecular weight excluding hydrogens is 352 g/mol. The largest absolute Gasteiger partial charge is 0.495 e. The molecule has 2 aliphatic rings. The molecule has 0 aromatic heterocycles. The zero-order chi connectivity index (χ0) is 19.5. The number of carbonyl (C=O) groups excluding carboxylic acids is 1. The van der Waals surface area contributed by atoms with Crippen molar-refractivity contribution in [2.45, 2.75) is 13.0 Å². The third kappa shape index (κ3) is 3.48. The number of fused-ring (bicyclic) bond motifs is 1. The first-order valence-electron chi connectivity index (χ1n) is 9.50. The van der Waals surface area contributed by atoms with Gasteiger partial charge in [-0.1, -0.05) is 30.3 Å². The summed E-state index contributed by atoms with van der Waals surface area (Å²) in [5, 5.41) is 0. The number of para-hydroxylation sites is 3. The van der Waals surface area contributed by atoms with Crippen LogP contribution in [0.2, 0.25) is 0 Å². The van der Waals surface area contributed by atoms with Crippen LogP contribution in [-0.2, 0) is 4.79 Å². The number of hydrogen-bond acceptors (Lipinski definition) is 4. The van der Waals surface area contributed by atoms with Crippen LogP contribution in [0.3, 0.4) is 0 Å². The van der Waals surface area contributed by atoms with Crippen molar-refractivity contribution < 1.29 is 14.3 Å². The van der Waals surface area contributed by atoms with Crippen LogP contribution in [0, 0.1) is 0 Å². The molecule has 1 unspecified atom stereocenters. The van der Waals surface area contributed by atoms with E-state index in [9.17, 15) is 4.79 Å². The van der Waals surface area contributed by atoms with Crippen molar-refractivity contribution in [1.29, 1.82) is 0 Å². The number of methoxy groups -OCH3 is 1. The Morgan fingerprint density at radius 3 is 2.71 bits per heavy atom. The molecule has 1 amide bonds. The average molecular weight is 376 g/mol. The van der Waals surface area contributed by atoms with Crippen LogP contribution >= 0.6 is 0 Å². The molecule has 4 rings (SSSR count). The Morgan fingerprint density at radius 2 is 1.89 bits per heavy atom. The second kappa shape index (κ2) is 7.80. The summed E-state index contributed by atoms with van der Waals surface area (Å²) in [6.07, 6.45) is 5.24. The highest BCUT2D eigenvalue weighted by molar-refractivity contribution is 6.01. The predicted octanol–water partition coefficient (Wildman–Crippen LogP) is 3.72. The van der Waals surface area contributed by atoms with Crippen molar-refractivity contribution >= 4 is 17.7 Å². The molecule has 2 heterocycles. The lowest BCUT2D eigenvalue weighted by atomic mass is 10.1. The second-order valence-electron chi connectivity index (χ2n) is 7.02. The molecule has 0 N–H and O–H groups in total. The molecule has 5 heteroatoms. The normalized spacial score (nSPS) is 18.6. The minimum absolute atomic E-state index is 0.0312. The predicted molar refractivity (Wildman–Crippen MR) is 111 cm³/mol. The van der Waals surface area contributed by atoms with Gasteiger partial charge in [-0.25, -0.2) is 0 Å². The molecule has 2 aromatic rings. The summed E-state index contributed by atoms with van der Waals surface area (Å²) >= 11 is 0. The van der Waals surface area contributed by atoms with Crippen molar-refractivity contribution in [3.8, 4) is 11.5 Å². The first-order valence-corrected chi connectivity index (χ1v) is 9.50. The number of amides is 1. The third-order valence-corrected chi connectivity index (χ3v) is 5.23. The molecule has 0 bridgehead atoms. The van der Waals surface area contributed by atoms with E-state index >= 15 is 0 Å². The summed E-state index contributed by atoms with van der Waals surface area (Å²) in [5.74, 6) is 1.65. The minimum atomic E-state index is 0.0312. The molecular formula is C23H24N2O3. The summed E-state index contributed by atoms with van der Waals surface area (Å²) in [4.78, 5) is 17.4. The molecule has 0 spiro atoms. The van der Waals surface area contributed by atoms with Crippen molar-refractivity contribution in [2.24, 2.45) is 0 Å². The molecule has 1 saturated heterocycles. The van der Waals surface area contributed by atoms with Crippen molar-refractivity contribution in [1.82, 2.24) is 4.90 Å². The number of ether oxygens (including phenoxy) is 2. The fraction of sp³-hybridized carbons (Fsp3) is 0.261. The lowest BCUT2D eigenvalue weighted by Gasteiger charge is -2.41. The zero-order valence-electron chi connectivity index (χ0n) is 16.2. The van der Waals surface area contributed by atoms with E-state index in [0.717, 1.165) is 35.8 Å². The highest BCUT2D eigenvalue weighted by Crippen LogP contribution is 2.30. The first kappa shape index (κ1) is 18.2. The van der Waals surface area contributed by atoms with Gasteiger partial charge in [0, 0.05) is 36.8 Å². The summed E-state index contributed by atoms with van der Waals surface area (Å²) in [5.41, 5.74) is 2.62. The summed E-state index contributed by atoms with van der Waals surface area (Å²) in [7, 11) is 1.69. The van der Waals surface area contributed by atoms with Gasteiger partial charge in [0.1, 0.15) is 11.5 Å². The Labute approximate surface area is 165 Å². The smallest absolute Gasteiger partial charge is 0.254 e. The maximum absolute atomic E-state index is 13.2. The number of hydrogen-bond donors (Lipinski definition) is 0. The maximum atomic E-state index is 13.2. The van der Waals surface area contributed by atoms with Crippen LogP contribution in [0.4, 0.5) is 5.69 Å². The van der Waals surface area contributed by atoms with Crippen LogP contribution in [0.1, 0.15) is 12.5 Å². The fourth-order valence-corrected chi connectivity index (χ4v) is 3.77. The summed E-state index contributed by atoms with van der Waals surface area (Å²) in [6, 6.07) is 15.8. The Balaban J connectivity index is 1.52. The van der Waals surface area contributed by atoms with Crippen LogP contribution in [0.5, 0.6) is 11.5 Å². The molecule has 2 aromatic carbocycles. The maximum Gasteiger partial charge on any atom is 0.254 e. The van der Waals surface area contributed by atoms with Crippen LogP contribution in [0.25, 0.3) is 6.08 Å². The molecule has 1 atom stereocenters. The Kier molecular flexibility index (Phi) is 5.06. The molecule has 1 fully saturated rings. The fourth-order valence-electron chi connectivity index (χ4n) is 3.77. The molecule has 28 heavy (non-hydrogen) atoms. The number of piperazine rings is 1. The SMILES string of the molecule is COc1ccccc1N1CCN(C(=O)C2=Cc3ccccc3OC=C2)C(C)C1. The van der Waals surface area contributed by atoms with E-state index in [4.69, 9.17) is 9.47 Å². The third-order valence-electron chi connectivity index (χ3n) is 5.23. The van der Waals surface area contributed by atoms with Gasteiger partial charge in [-0.15, -0.1) is 0 Å². The van der Waals surface area contributed by atoms with Crippen LogP contribution in [0.15, 0.2) is 66.4 Å². The number of nitrogens with zero attached hydrogens (tertiary/aromatic N) is 2. The van der Waals surface area contributed by atoms with E-state index in [-0.39, 0.29) is 11.9 Å². The van der Waals surface area contributed by atoms with Gasteiger partial charge in [0.15, 0.2) is 0 Å². The van der Waals surface area contributed by atoms with Crippen molar-refractivity contribution in [3.05, 3.63) is 72.0 Å². The number of carbonyl (C=O) groups is 1. The van der Waals surface area contributed by atoms with Gasteiger partial charge in [-0.2, -0.15) is 0 Å². The zero-order valence-corrected chi connectivity index (χ0v) is 16.2. The number of rotatable bonds is 3. The van der Waals surface area contributed by atoms with Gasteiger partial charge >= 0.3 is 0 Å². The number of anilines is 1. The molecule has 5 nitrogen and oxygen atoms in total. The van der Waals surface area contributed by atoms with Crippen LogP contribution in [-0.4, -0.2) is 43.6 Å². The van der Waals surface area contributed by atoms with E-state index in [1.165, 1.54) is 0 Å². The van der Waals surface area contributed by atoms with Gasteiger partial charge in [0.25, 0.3) is 5.91 Å². The molecule has 2 aliphatic heterocycles. The summed E-state index contributed by atoms with van der Waals surface area (Å²) < 4.78 is 11.1. The van der Waals surface area contributed by atoms with Gasteiger partial charge in [-0.05, 0) is 37.3 Å². The van der Waals surface area contributed by atoms with Gasteiger partial charge in [0.2, 0.25) is 0 Å². The Bertz CT molecular complexity index is 935. The van der Waals surface area contributed by atoms with Crippen molar-refractivity contribution in [2.75, 3.05) is 31.6 Å². The highest BCUT2D eigenvalue weighted by Gasteiger charge is 2.30. The van der Waals surface area contributed by atoms with Crippen LogP contribution < -0.4 is 14.4 Å². The van der Waals surface area contributed by atoms with Gasteiger partial charge in [0.05, 0.1) is 19.1 Å². The minimum Gasteiger partial charge on any atom is -0.495 e. The van der Waals surface area contributed by atoms with Gasteiger partial charge < -0.3 is 19.3 Å². The molecule has 144 valence electrons. The molecule has 0 aliphatic carbocycles. The monoisotopic (exact) mass is 376 g/mol. The van der Waals surface area contributed by atoms with Crippen molar-refractivity contribution in [3.63, 3.8) is 0 Å².